The highest BCUT2D eigenvalue weighted by atomic mass is 32.2. The molecular weight excluding hydrogens is 360 g/mol. The number of nitrogens with zero attached hydrogens (tertiary/aromatic N) is 2. The quantitative estimate of drug-likeness (QED) is 0.776. The fraction of sp³-hybridized carbons (Fsp3) is 0.500. The molecule has 0 bridgehead atoms. The van der Waals surface area contributed by atoms with Gasteiger partial charge in [-0.2, -0.15) is 4.98 Å². The maximum atomic E-state index is 11.7. The van der Waals surface area contributed by atoms with Gasteiger partial charge in [-0.3, -0.25) is 0 Å². The van der Waals surface area contributed by atoms with Gasteiger partial charge in [-0.05, 0) is 35.4 Å². The lowest BCUT2D eigenvalue weighted by molar-refractivity contribution is 0.602. The van der Waals surface area contributed by atoms with Crippen LogP contribution in [0.15, 0.2) is 30.5 Å². The Hall–Kier alpha value is -2.15. The highest BCUT2D eigenvalue weighted by Gasteiger charge is 2.28. The van der Waals surface area contributed by atoms with E-state index in [-0.39, 0.29) is 17.5 Å². The van der Waals surface area contributed by atoms with Crippen molar-refractivity contribution in [3.05, 3.63) is 41.6 Å². The number of benzene rings is 1. The molecule has 1 saturated heterocycles. The number of para-hydroxylation sites is 1. The average molecular weight is 389 g/mol. The minimum Gasteiger partial charge on any atom is -0.366 e. The largest absolute Gasteiger partial charge is 0.366 e. The summed E-state index contributed by atoms with van der Waals surface area (Å²) in [6.45, 7) is 8.68. The van der Waals surface area contributed by atoms with E-state index in [1.165, 1.54) is 11.1 Å². The Morgan fingerprint density at radius 1 is 1.07 bits per heavy atom. The Kier molecular flexibility index (Phi) is 5.69. The van der Waals surface area contributed by atoms with Crippen LogP contribution in [-0.4, -0.2) is 35.9 Å². The normalized spacial score (nSPS) is 18.8. The summed E-state index contributed by atoms with van der Waals surface area (Å²) in [7, 11) is -2.93. The molecule has 0 saturated carbocycles. The molecule has 1 aliphatic rings. The van der Waals surface area contributed by atoms with Gasteiger partial charge in [0.15, 0.2) is 9.84 Å². The summed E-state index contributed by atoms with van der Waals surface area (Å²) < 4.78 is 23.3. The first kappa shape index (κ1) is 19.6. The number of rotatable bonds is 6. The highest BCUT2D eigenvalue weighted by molar-refractivity contribution is 7.91. The number of hydrogen-bond acceptors (Lipinski definition) is 6. The summed E-state index contributed by atoms with van der Waals surface area (Å²) in [5.74, 6) is 2.29. The summed E-state index contributed by atoms with van der Waals surface area (Å²) >= 11 is 0. The van der Waals surface area contributed by atoms with Crippen molar-refractivity contribution >= 4 is 27.3 Å². The van der Waals surface area contributed by atoms with E-state index in [1.807, 2.05) is 0 Å². The molecule has 6 nitrogen and oxygen atoms in total. The first-order valence-corrected chi connectivity index (χ1v) is 11.3. The van der Waals surface area contributed by atoms with Crippen molar-refractivity contribution in [2.45, 2.75) is 52.0 Å². The van der Waals surface area contributed by atoms with Gasteiger partial charge in [-0.15, -0.1) is 0 Å². The van der Waals surface area contributed by atoms with Crippen LogP contribution in [0.25, 0.3) is 0 Å². The molecule has 1 fully saturated rings. The maximum absolute atomic E-state index is 11.7. The van der Waals surface area contributed by atoms with Gasteiger partial charge in [0.05, 0.1) is 11.5 Å². The second-order valence-corrected chi connectivity index (χ2v) is 9.98. The minimum absolute atomic E-state index is 0.0908. The Morgan fingerprint density at radius 3 is 2.30 bits per heavy atom. The average Bonchev–Trinajstić information content (AvgIpc) is 2.93. The molecule has 1 aliphatic heterocycles. The van der Waals surface area contributed by atoms with E-state index < -0.39 is 9.84 Å². The lowest BCUT2D eigenvalue weighted by atomic mass is 9.93. The molecule has 2 N–H and O–H groups in total. The van der Waals surface area contributed by atoms with Crippen molar-refractivity contribution in [3.63, 3.8) is 0 Å². The molecule has 2 heterocycles. The van der Waals surface area contributed by atoms with Gasteiger partial charge in [0.1, 0.15) is 5.82 Å². The Morgan fingerprint density at radius 2 is 1.74 bits per heavy atom. The van der Waals surface area contributed by atoms with Crippen LogP contribution in [-0.2, 0) is 9.84 Å². The van der Waals surface area contributed by atoms with Crippen LogP contribution in [0.5, 0.6) is 0 Å². The molecule has 0 amide bonds. The lowest BCUT2D eigenvalue weighted by Gasteiger charge is -2.20. The van der Waals surface area contributed by atoms with Gasteiger partial charge in [0.25, 0.3) is 0 Å². The van der Waals surface area contributed by atoms with E-state index >= 15 is 0 Å². The van der Waals surface area contributed by atoms with Gasteiger partial charge < -0.3 is 10.6 Å². The zero-order valence-corrected chi connectivity index (χ0v) is 17.2. The second-order valence-electron chi connectivity index (χ2n) is 7.76. The fourth-order valence-corrected chi connectivity index (χ4v) is 5.10. The third-order valence-corrected chi connectivity index (χ3v) is 6.62. The van der Waals surface area contributed by atoms with Gasteiger partial charge in [0.2, 0.25) is 5.95 Å². The van der Waals surface area contributed by atoms with Crippen molar-refractivity contribution in [2.75, 3.05) is 22.1 Å². The smallest absolute Gasteiger partial charge is 0.229 e. The first-order chi connectivity index (χ1) is 12.7. The van der Waals surface area contributed by atoms with E-state index in [9.17, 15) is 8.42 Å². The Bertz CT molecular complexity index is 884. The molecule has 2 aromatic rings. The molecule has 1 unspecified atom stereocenters. The van der Waals surface area contributed by atoms with E-state index in [1.54, 1.807) is 12.3 Å². The van der Waals surface area contributed by atoms with Crippen LogP contribution < -0.4 is 10.6 Å². The van der Waals surface area contributed by atoms with E-state index in [2.05, 4.69) is 66.5 Å². The summed E-state index contributed by atoms with van der Waals surface area (Å²) in [5, 5.41) is 6.63. The molecule has 1 aromatic carbocycles. The molecular formula is C20H28N4O2S. The summed E-state index contributed by atoms with van der Waals surface area (Å²) in [6.07, 6.45) is 2.30. The standard InChI is InChI=1S/C20H28N4O2S/c1-13(2)16-6-5-7-17(14(3)4)19(16)24-20-21-10-8-18(23-20)22-15-9-11-27(25,26)12-15/h5-8,10,13-15H,9,11-12H2,1-4H3,(H2,21,22,23,24). The van der Waals surface area contributed by atoms with Crippen molar-refractivity contribution in [2.24, 2.45) is 0 Å². The molecule has 27 heavy (non-hydrogen) atoms. The molecule has 0 radical (unpaired) electrons. The SMILES string of the molecule is CC(C)c1cccc(C(C)C)c1Nc1nccc(NC2CCS(=O)(=O)C2)n1. The third-order valence-electron chi connectivity index (χ3n) is 4.85. The molecule has 0 spiro atoms. The van der Waals surface area contributed by atoms with Crippen molar-refractivity contribution in [3.8, 4) is 0 Å². The number of sulfone groups is 1. The summed E-state index contributed by atoms with van der Waals surface area (Å²) in [4.78, 5) is 8.91. The highest BCUT2D eigenvalue weighted by Crippen LogP contribution is 2.34. The van der Waals surface area contributed by atoms with Gasteiger partial charge in [-0.1, -0.05) is 45.9 Å². The zero-order valence-electron chi connectivity index (χ0n) is 16.4. The lowest BCUT2D eigenvalue weighted by Crippen LogP contribution is -2.21. The van der Waals surface area contributed by atoms with Crippen LogP contribution in [0, 0.1) is 0 Å². The summed E-state index contributed by atoms with van der Waals surface area (Å²) in [5.41, 5.74) is 3.51. The second kappa shape index (κ2) is 7.84. The Balaban J connectivity index is 1.85. The topological polar surface area (TPSA) is 84.0 Å². The van der Waals surface area contributed by atoms with Gasteiger partial charge in [-0.25, -0.2) is 13.4 Å². The Labute approximate surface area is 161 Å². The predicted octanol–water partition coefficient (Wildman–Crippen LogP) is 4.07. The molecule has 7 heteroatoms. The van der Waals surface area contributed by atoms with Crippen LogP contribution in [0.2, 0.25) is 0 Å². The number of anilines is 3. The zero-order chi connectivity index (χ0) is 19.6. The number of aromatic nitrogens is 2. The van der Waals surface area contributed by atoms with Crippen molar-refractivity contribution < 1.29 is 8.42 Å². The minimum atomic E-state index is -2.93. The van der Waals surface area contributed by atoms with E-state index in [4.69, 9.17) is 0 Å². The predicted molar refractivity (Wildman–Crippen MR) is 111 cm³/mol. The molecule has 1 atom stereocenters. The maximum Gasteiger partial charge on any atom is 0.229 e. The fourth-order valence-electron chi connectivity index (χ4n) is 3.42. The number of nitrogens with one attached hydrogen (secondary N) is 2. The first-order valence-electron chi connectivity index (χ1n) is 9.45. The third kappa shape index (κ3) is 4.77. The van der Waals surface area contributed by atoms with Crippen LogP contribution in [0.1, 0.15) is 57.1 Å². The van der Waals surface area contributed by atoms with Gasteiger partial charge in [0, 0.05) is 17.9 Å². The number of hydrogen-bond donors (Lipinski definition) is 2. The van der Waals surface area contributed by atoms with E-state index in [0.717, 1.165) is 5.69 Å². The van der Waals surface area contributed by atoms with Crippen LogP contribution in [0.3, 0.4) is 0 Å². The van der Waals surface area contributed by atoms with E-state index in [0.29, 0.717) is 30.0 Å². The molecule has 0 aliphatic carbocycles. The van der Waals surface area contributed by atoms with Crippen molar-refractivity contribution in [1.29, 1.82) is 0 Å². The molecule has 1 aromatic heterocycles. The van der Waals surface area contributed by atoms with Crippen molar-refractivity contribution in [1.82, 2.24) is 9.97 Å². The van der Waals surface area contributed by atoms with Crippen LogP contribution in [0.4, 0.5) is 17.5 Å². The van der Waals surface area contributed by atoms with Gasteiger partial charge >= 0.3 is 0 Å². The molecule has 3 rings (SSSR count). The molecule has 146 valence electrons. The summed E-state index contributed by atoms with van der Waals surface area (Å²) in [6, 6.07) is 8.03. The van der Waals surface area contributed by atoms with Crippen LogP contribution >= 0.6 is 0 Å². The monoisotopic (exact) mass is 388 g/mol.